The first-order valence-corrected chi connectivity index (χ1v) is 15.1. The van der Waals surface area contributed by atoms with Crippen LogP contribution in [0.4, 0.5) is 17.1 Å². The number of hydrogen-bond donors (Lipinski definition) is 1. The van der Waals surface area contributed by atoms with Gasteiger partial charge in [0.15, 0.2) is 0 Å². The van der Waals surface area contributed by atoms with Gasteiger partial charge in [0.25, 0.3) is 0 Å². The molecule has 1 heterocycles. The quantitative estimate of drug-likeness (QED) is 0.206. The van der Waals surface area contributed by atoms with E-state index in [-0.39, 0.29) is 0 Å². The summed E-state index contributed by atoms with van der Waals surface area (Å²) in [6.45, 7) is 4.60. The van der Waals surface area contributed by atoms with Crippen LogP contribution in [0.1, 0.15) is 51.0 Å². The van der Waals surface area contributed by atoms with Gasteiger partial charge in [-0.05, 0) is 77.6 Å². The summed E-state index contributed by atoms with van der Waals surface area (Å²) >= 11 is 0. The predicted molar refractivity (Wildman–Crippen MR) is 178 cm³/mol. The van der Waals surface area contributed by atoms with Gasteiger partial charge in [0.2, 0.25) is 0 Å². The number of fused-ring (bicyclic) bond motifs is 5. The summed E-state index contributed by atoms with van der Waals surface area (Å²) in [6.07, 6.45) is 4.91. The lowest BCUT2D eigenvalue weighted by molar-refractivity contribution is 0.561. The molecule has 0 atom stereocenters. The van der Waals surface area contributed by atoms with Gasteiger partial charge in [-0.25, -0.2) is 0 Å². The monoisotopic (exact) mass is 532 g/mol. The summed E-state index contributed by atoms with van der Waals surface area (Å²) in [7, 11) is 0. The van der Waals surface area contributed by atoms with Crippen molar-refractivity contribution >= 4 is 60.4 Å². The average molecular weight is 533 g/mol. The van der Waals surface area contributed by atoms with Crippen LogP contribution < -0.4 is 4.90 Å². The van der Waals surface area contributed by atoms with E-state index in [1.807, 2.05) is 0 Å². The smallest absolute Gasteiger partial charge is 0.0540 e. The normalized spacial score (nSPS) is 11.8. The van der Waals surface area contributed by atoms with Crippen LogP contribution in [-0.4, -0.2) is 4.98 Å². The van der Waals surface area contributed by atoms with E-state index in [2.05, 4.69) is 145 Å². The molecule has 0 bridgehead atoms. The fourth-order valence-corrected chi connectivity index (χ4v) is 6.69. The van der Waals surface area contributed by atoms with Crippen LogP contribution >= 0.6 is 0 Å². The second-order valence-electron chi connectivity index (χ2n) is 11.3. The Morgan fingerprint density at radius 3 is 1.68 bits per heavy atom. The fourth-order valence-electron chi connectivity index (χ4n) is 6.69. The Hall–Kier alpha value is -4.56. The zero-order chi connectivity index (χ0) is 27.8. The minimum atomic E-state index is 0.616. The third kappa shape index (κ3) is 4.54. The molecule has 0 aliphatic rings. The number of nitrogens with one attached hydrogen (secondary N) is 1. The Labute approximate surface area is 242 Å². The molecule has 0 aliphatic heterocycles. The van der Waals surface area contributed by atoms with Crippen molar-refractivity contribution in [2.45, 2.75) is 45.4 Å². The van der Waals surface area contributed by atoms with Gasteiger partial charge in [0, 0.05) is 38.3 Å². The van der Waals surface area contributed by atoms with Crippen molar-refractivity contribution in [3.63, 3.8) is 0 Å². The van der Waals surface area contributed by atoms with Crippen molar-refractivity contribution in [2.24, 2.45) is 0 Å². The van der Waals surface area contributed by atoms with Crippen LogP contribution in [0.2, 0.25) is 0 Å². The molecular weight excluding hydrogens is 496 g/mol. The van der Waals surface area contributed by atoms with E-state index in [0.717, 1.165) is 5.69 Å². The first-order chi connectivity index (χ1) is 20.2. The van der Waals surface area contributed by atoms with Crippen LogP contribution in [0.3, 0.4) is 0 Å². The minimum Gasteiger partial charge on any atom is -0.355 e. The number of H-pyrrole nitrogens is 1. The Morgan fingerprint density at radius 2 is 1.07 bits per heavy atom. The Bertz CT molecular complexity index is 1900. The number of aromatic amines is 1. The third-order valence-corrected chi connectivity index (χ3v) is 8.63. The summed E-state index contributed by atoms with van der Waals surface area (Å²) in [4.78, 5) is 6.14. The highest BCUT2D eigenvalue weighted by Crippen LogP contribution is 2.43. The molecule has 0 radical (unpaired) electrons. The molecule has 0 aliphatic carbocycles. The van der Waals surface area contributed by atoms with Crippen LogP contribution in [0.15, 0.2) is 121 Å². The lowest BCUT2D eigenvalue weighted by Gasteiger charge is -2.28. The SMILES string of the molecule is CCCC(CCC)c1ccc2[nH]c3ccc(N(c4cccc5ccccc45)c4cccc5ccccc45)cc3c2c1. The molecule has 0 saturated carbocycles. The zero-order valence-corrected chi connectivity index (χ0v) is 23.9. The number of rotatable bonds is 8. The standard InChI is InChI=1S/C39H36N2/c1-3-11-27(12-4-2)30-21-23-36-34(25-30)35-26-31(22-24-37(35)40-36)41(38-19-9-15-28-13-5-7-17-32(28)38)39-20-10-16-29-14-6-8-18-33(29)39/h5-10,13-27,40H,3-4,11-12H2,1-2H3. The number of anilines is 3. The van der Waals surface area contributed by atoms with Gasteiger partial charge in [0.1, 0.15) is 0 Å². The Morgan fingerprint density at radius 1 is 0.537 bits per heavy atom. The lowest BCUT2D eigenvalue weighted by Crippen LogP contribution is -2.11. The molecule has 2 heteroatoms. The van der Waals surface area contributed by atoms with E-state index in [9.17, 15) is 0 Å². The third-order valence-electron chi connectivity index (χ3n) is 8.63. The summed E-state index contributed by atoms with van der Waals surface area (Å²) in [6, 6.07) is 44.6. The molecule has 202 valence electrons. The topological polar surface area (TPSA) is 19.0 Å². The maximum atomic E-state index is 3.69. The summed E-state index contributed by atoms with van der Waals surface area (Å²) in [5.74, 6) is 0.616. The second-order valence-corrected chi connectivity index (χ2v) is 11.3. The fraction of sp³-hybridized carbons (Fsp3) is 0.179. The molecule has 7 rings (SSSR count). The van der Waals surface area contributed by atoms with Crippen molar-refractivity contribution in [3.05, 3.63) is 127 Å². The Kier molecular flexibility index (Phi) is 6.68. The van der Waals surface area contributed by atoms with Crippen molar-refractivity contribution < 1.29 is 0 Å². The number of aromatic nitrogens is 1. The van der Waals surface area contributed by atoms with Gasteiger partial charge in [-0.1, -0.05) is 106 Å². The van der Waals surface area contributed by atoms with Gasteiger partial charge in [-0.3, -0.25) is 0 Å². The van der Waals surface area contributed by atoms with Crippen LogP contribution in [0.25, 0.3) is 43.4 Å². The summed E-state index contributed by atoms with van der Waals surface area (Å²) < 4.78 is 0. The van der Waals surface area contributed by atoms with Gasteiger partial charge in [-0.15, -0.1) is 0 Å². The van der Waals surface area contributed by atoms with Crippen LogP contribution in [0, 0.1) is 0 Å². The van der Waals surface area contributed by atoms with Crippen LogP contribution in [-0.2, 0) is 0 Å². The van der Waals surface area contributed by atoms with Crippen LogP contribution in [0.5, 0.6) is 0 Å². The molecule has 2 nitrogen and oxygen atoms in total. The maximum absolute atomic E-state index is 3.69. The number of benzene rings is 6. The molecule has 1 aromatic heterocycles. The molecule has 41 heavy (non-hydrogen) atoms. The van der Waals surface area contributed by atoms with E-state index in [0.29, 0.717) is 5.92 Å². The minimum absolute atomic E-state index is 0.616. The van der Waals surface area contributed by atoms with E-state index in [1.54, 1.807) is 0 Å². The number of nitrogens with zero attached hydrogens (tertiary/aromatic N) is 1. The highest BCUT2D eigenvalue weighted by atomic mass is 15.1. The molecule has 6 aromatic carbocycles. The Balaban J connectivity index is 1.47. The summed E-state index contributed by atoms with van der Waals surface area (Å²) in [5, 5.41) is 7.55. The van der Waals surface area contributed by atoms with Gasteiger partial charge in [-0.2, -0.15) is 0 Å². The molecule has 0 unspecified atom stereocenters. The van der Waals surface area contributed by atoms with E-state index < -0.39 is 0 Å². The van der Waals surface area contributed by atoms with E-state index in [4.69, 9.17) is 0 Å². The number of hydrogen-bond acceptors (Lipinski definition) is 1. The van der Waals surface area contributed by atoms with Gasteiger partial charge >= 0.3 is 0 Å². The molecule has 0 saturated heterocycles. The van der Waals surface area contributed by atoms with Gasteiger partial charge < -0.3 is 9.88 Å². The first-order valence-electron chi connectivity index (χ1n) is 15.1. The second kappa shape index (κ2) is 10.8. The maximum Gasteiger partial charge on any atom is 0.0540 e. The molecule has 0 amide bonds. The highest BCUT2D eigenvalue weighted by Gasteiger charge is 2.19. The largest absolute Gasteiger partial charge is 0.355 e. The van der Waals surface area contributed by atoms with Gasteiger partial charge in [0.05, 0.1) is 11.4 Å². The molecule has 7 aromatic rings. The first kappa shape index (κ1) is 25.4. The van der Waals surface area contributed by atoms with Crippen molar-refractivity contribution in [3.8, 4) is 0 Å². The molecule has 0 spiro atoms. The summed E-state index contributed by atoms with van der Waals surface area (Å²) in [5.41, 5.74) is 7.38. The molecular formula is C39H36N2. The lowest BCUT2D eigenvalue weighted by atomic mass is 9.89. The van der Waals surface area contributed by atoms with Crippen molar-refractivity contribution in [1.29, 1.82) is 0 Å². The molecule has 1 N–H and O–H groups in total. The molecule has 0 fully saturated rings. The zero-order valence-electron chi connectivity index (χ0n) is 23.9. The van der Waals surface area contributed by atoms with E-state index in [1.165, 1.54) is 86.0 Å². The average Bonchev–Trinajstić information content (AvgIpc) is 3.39. The van der Waals surface area contributed by atoms with E-state index >= 15 is 0 Å². The van der Waals surface area contributed by atoms with Crippen molar-refractivity contribution in [2.75, 3.05) is 4.90 Å². The highest BCUT2D eigenvalue weighted by molar-refractivity contribution is 6.10. The van der Waals surface area contributed by atoms with Crippen molar-refractivity contribution in [1.82, 2.24) is 4.98 Å². The predicted octanol–water partition coefficient (Wildman–Crippen LogP) is 11.8.